The van der Waals surface area contributed by atoms with Crippen molar-refractivity contribution in [3.05, 3.63) is 35.5 Å². The van der Waals surface area contributed by atoms with Crippen LogP contribution in [0, 0.1) is 11.8 Å². The molecule has 3 nitrogen and oxygen atoms in total. The first-order valence-corrected chi connectivity index (χ1v) is 9.20. The van der Waals surface area contributed by atoms with Gasteiger partial charge in [0.2, 0.25) is 0 Å². The molecular weight excluding hydrogens is 284 g/mol. The van der Waals surface area contributed by atoms with Gasteiger partial charge < -0.3 is 9.67 Å². The maximum Gasteiger partial charge on any atom is 0.0543 e. The van der Waals surface area contributed by atoms with E-state index in [1.165, 1.54) is 43.3 Å². The van der Waals surface area contributed by atoms with Crippen molar-refractivity contribution in [2.24, 2.45) is 18.9 Å². The van der Waals surface area contributed by atoms with Gasteiger partial charge in [-0.2, -0.15) is 0 Å². The Morgan fingerprint density at radius 3 is 2.87 bits per heavy atom. The Bertz CT molecular complexity index is 749. The highest BCUT2D eigenvalue weighted by molar-refractivity contribution is 5.86. The van der Waals surface area contributed by atoms with Gasteiger partial charge in [-0.3, -0.25) is 4.90 Å². The van der Waals surface area contributed by atoms with E-state index in [0.717, 1.165) is 18.8 Å². The molecule has 1 aromatic heterocycles. The normalized spacial score (nSPS) is 34.0. The van der Waals surface area contributed by atoms with Gasteiger partial charge in [0.1, 0.15) is 0 Å². The fourth-order valence-electron chi connectivity index (χ4n) is 5.66. The number of aromatic nitrogens is 1. The number of rotatable bonds is 0. The van der Waals surface area contributed by atoms with Crippen molar-refractivity contribution >= 4 is 10.9 Å². The Morgan fingerprint density at radius 1 is 1.09 bits per heavy atom. The zero-order valence-electron chi connectivity index (χ0n) is 13.9. The number of fused-ring (bicyclic) bond motifs is 6. The first-order chi connectivity index (χ1) is 11.2. The molecule has 3 aliphatic rings. The lowest BCUT2D eigenvalue weighted by molar-refractivity contribution is -0.0115. The third-order valence-electron chi connectivity index (χ3n) is 6.77. The molecule has 2 aliphatic heterocycles. The molecular formula is C20H26N2O. The van der Waals surface area contributed by atoms with Crippen molar-refractivity contribution in [1.29, 1.82) is 0 Å². The van der Waals surface area contributed by atoms with Crippen LogP contribution >= 0.6 is 0 Å². The Kier molecular flexibility index (Phi) is 3.11. The van der Waals surface area contributed by atoms with Crippen LogP contribution in [0.3, 0.4) is 0 Å². The van der Waals surface area contributed by atoms with Crippen LogP contribution in [0.1, 0.15) is 43.0 Å². The van der Waals surface area contributed by atoms with Crippen LogP contribution in [0.4, 0.5) is 0 Å². The minimum atomic E-state index is -0.0571. The van der Waals surface area contributed by atoms with Gasteiger partial charge in [-0.25, -0.2) is 0 Å². The lowest BCUT2D eigenvalue weighted by atomic mass is 9.70. The highest BCUT2D eigenvalue weighted by Crippen LogP contribution is 2.47. The first kappa shape index (κ1) is 14.1. The summed E-state index contributed by atoms with van der Waals surface area (Å²) >= 11 is 0. The summed E-state index contributed by atoms with van der Waals surface area (Å²) in [4.78, 5) is 2.74. The molecule has 3 heterocycles. The largest absolute Gasteiger partial charge is 0.393 e. The van der Waals surface area contributed by atoms with Crippen molar-refractivity contribution in [2.45, 2.75) is 44.2 Å². The molecule has 3 unspecified atom stereocenters. The SMILES string of the molecule is Cn1c2c(c3ccccc31)CCN1CC3CC[C@H](O)CC3CC21. The summed E-state index contributed by atoms with van der Waals surface area (Å²) in [5.41, 5.74) is 4.51. The van der Waals surface area contributed by atoms with E-state index in [2.05, 4.69) is 40.8 Å². The van der Waals surface area contributed by atoms with Crippen molar-refractivity contribution in [3.8, 4) is 0 Å². The molecule has 0 spiro atoms. The standard InChI is InChI=1S/C20H26N2O/c1-21-18-5-3-2-4-16(18)17-8-9-22-12-13-6-7-15(23)10-14(13)11-19(22)20(17)21/h2-5,13-15,19,23H,6-12H2,1H3/t13?,14?,15-,19?/m0/s1. The maximum absolute atomic E-state index is 10.1. The number of piperidine rings is 1. The quantitative estimate of drug-likeness (QED) is 0.809. The van der Waals surface area contributed by atoms with Crippen LogP contribution in [-0.4, -0.2) is 33.8 Å². The van der Waals surface area contributed by atoms with Crippen LogP contribution < -0.4 is 0 Å². The average molecular weight is 310 g/mol. The fourth-order valence-corrected chi connectivity index (χ4v) is 5.66. The zero-order valence-corrected chi connectivity index (χ0v) is 13.9. The molecule has 1 aromatic carbocycles. The number of aliphatic hydroxyl groups is 1. The summed E-state index contributed by atoms with van der Waals surface area (Å²) in [7, 11) is 2.24. The number of nitrogens with zero attached hydrogens (tertiary/aromatic N) is 2. The minimum absolute atomic E-state index is 0.0571. The molecule has 0 amide bonds. The third-order valence-corrected chi connectivity index (χ3v) is 6.77. The number of hydrogen-bond donors (Lipinski definition) is 1. The number of aryl methyl sites for hydroxylation is 1. The minimum Gasteiger partial charge on any atom is -0.393 e. The molecule has 5 rings (SSSR count). The number of aliphatic hydroxyl groups excluding tert-OH is 1. The zero-order chi connectivity index (χ0) is 15.6. The molecule has 122 valence electrons. The van der Waals surface area contributed by atoms with Gasteiger partial charge in [0, 0.05) is 36.7 Å². The molecule has 23 heavy (non-hydrogen) atoms. The van der Waals surface area contributed by atoms with Gasteiger partial charge in [-0.15, -0.1) is 0 Å². The highest BCUT2D eigenvalue weighted by Gasteiger charge is 2.42. The average Bonchev–Trinajstić information content (AvgIpc) is 2.87. The van der Waals surface area contributed by atoms with E-state index in [-0.39, 0.29) is 6.10 Å². The van der Waals surface area contributed by atoms with E-state index < -0.39 is 0 Å². The van der Waals surface area contributed by atoms with Crippen molar-refractivity contribution in [1.82, 2.24) is 9.47 Å². The summed E-state index contributed by atoms with van der Waals surface area (Å²) in [6.07, 6.45) is 5.62. The predicted octanol–water partition coefficient (Wildman–Crippen LogP) is 3.26. The van der Waals surface area contributed by atoms with Gasteiger partial charge in [-0.1, -0.05) is 18.2 Å². The molecule has 1 N–H and O–H groups in total. The molecule has 2 aromatic rings. The number of hydrogen-bond acceptors (Lipinski definition) is 2. The molecule has 0 bridgehead atoms. The Labute approximate surface area is 137 Å². The summed E-state index contributed by atoms with van der Waals surface area (Å²) in [5, 5.41) is 11.5. The Hall–Kier alpha value is -1.32. The van der Waals surface area contributed by atoms with E-state index in [1.54, 1.807) is 11.3 Å². The van der Waals surface area contributed by atoms with Gasteiger partial charge in [0.25, 0.3) is 0 Å². The highest BCUT2D eigenvalue weighted by atomic mass is 16.3. The second-order valence-electron chi connectivity index (χ2n) is 7.92. The van der Waals surface area contributed by atoms with Crippen LogP contribution in [0.25, 0.3) is 10.9 Å². The van der Waals surface area contributed by atoms with E-state index in [1.807, 2.05) is 0 Å². The maximum atomic E-state index is 10.1. The molecule has 4 atom stereocenters. The van der Waals surface area contributed by atoms with E-state index >= 15 is 0 Å². The van der Waals surface area contributed by atoms with E-state index in [0.29, 0.717) is 12.0 Å². The molecule has 3 heteroatoms. The topological polar surface area (TPSA) is 28.4 Å². The fraction of sp³-hybridized carbons (Fsp3) is 0.600. The molecule has 1 saturated carbocycles. The number of benzene rings is 1. The van der Waals surface area contributed by atoms with E-state index in [4.69, 9.17) is 0 Å². The molecule has 0 radical (unpaired) electrons. The Balaban J connectivity index is 1.58. The summed E-state index contributed by atoms with van der Waals surface area (Å²) in [6, 6.07) is 9.43. The van der Waals surface area contributed by atoms with Crippen LogP contribution in [0.15, 0.2) is 24.3 Å². The van der Waals surface area contributed by atoms with Gasteiger partial charge >= 0.3 is 0 Å². The number of para-hydroxylation sites is 1. The predicted molar refractivity (Wildman–Crippen MR) is 92.4 cm³/mol. The van der Waals surface area contributed by atoms with Gasteiger partial charge in [0.05, 0.1) is 12.1 Å². The first-order valence-electron chi connectivity index (χ1n) is 9.20. The summed E-state index contributed by atoms with van der Waals surface area (Å²) in [6.45, 7) is 2.44. The van der Waals surface area contributed by atoms with Gasteiger partial charge in [0.15, 0.2) is 0 Å². The van der Waals surface area contributed by atoms with Gasteiger partial charge in [-0.05, 0) is 55.6 Å². The summed E-state index contributed by atoms with van der Waals surface area (Å²) < 4.78 is 2.45. The van der Waals surface area contributed by atoms with Crippen molar-refractivity contribution in [3.63, 3.8) is 0 Å². The second kappa shape index (κ2) is 5.09. The second-order valence-corrected chi connectivity index (χ2v) is 7.92. The van der Waals surface area contributed by atoms with Crippen LogP contribution in [0.5, 0.6) is 0 Å². The molecule has 1 aliphatic carbocycles. The monoisotopic (exact) mass is 310 g/mol. The van der Waals surface area contributed by atoms with E-state index in [9.17, 15) is 5.11 Å². The van der Waals surface area contributed by atoms with Crippen molar-refractivity contribution < 1.29 is 5.11 Å². The summed E-state index contributed by atoms with van der Waals surface area (Å²) in [5.74, 6) is 1.52. The van der Waals surface area contributed by atoms with Crippen LogP contribution in [0.2, 0.25) is 0 Å². The van der Waals surface area contributed by atoms with Crippen LogP contribution in [-0.2, 0) is 13.5 Å². The lowest BCUT2D eigenvalue weighted by Crippen LogP contribution is -2.48. The molecule has 2 fully saturated rings. The Morgan fingerprint density at radius 2 is 1.96 bits per heavy atom. The lowest BCUT2D eigenvalue weighted by Gasteiger charge is -2.49. The molecule has 1 saturated heterocycles. The smallest absolute Gasteiger partial charge is 0.0543 e. The van der Waals surface area contributed by atoms with Crippen molar-refractivity contribution in [2.75, 3.05) is 13.1 Å². The third kappa shape index (κ3) is 2.03.